The number of Topliss-reactive ketones (excluding diaryl/α,β-unsaturated/α-hetero) is 1. The van der Waals surface area contributed by atoms with Gasteiger partial charge in [0, 0.05) is 20.3 Å². The maximum atomic E-state index is 11.0. The van der Waals surface area contributed by atoms with Gasteiger partial charge < -0.3 is 10.0 Å². The second kappa shape index (κ2) is 5.16. The number of aliphatic imine (C=N–C) groups is 1. The number of hydrogen-bond acceptors (Lipinski definition) is 3. The van der Waals surface area contributed by atoms with Gasteiger partial charge in [0.15, 0.2) is 5.78 Å². The summed E-state index contributed by atoms with van der Waals surface area (Å²) in [6.45, 7) is 2.66. The van der Waals surface area contributed by atoms with Crippen molar-refractivity contribution in [1.82, 2.24) is 4.90 Å². The zero-order chi connectivity index (χ0) is 11.3. The van der Waals surface area contributed by atoms with Crippen molar-refractivity contribution >= 4 is 18.0 Å². The lowest BCUT2D eigenvalue weighted by Gasteiger charge is -2.04. The lowest BCUT2D eigenvalue weighted by molar-refractivity contribution is -0.113. The van der Waals surface area contributed by atoms with Crippen LogP contribution in [0.1, 0.15) is 13.8 Å². The van der Waals surface area contributed by atoms with E-state index >= 15 is 0 Å². The van der Waals surface area contributed by atoms with Crippen LogP contribution >= 0.6 is 0 Å². The average Bonchev–Trinajstić information content (AvgIpc) is 2.02. The van der Waals surface area contributed by atoms with Crippen LogP contribution in [-0.2, 0) is 4.79 Å². The van der Waals surface area contributed by atoms with E-state index in [1.165, 1.54) is 18.7 Å². The normalized spacial score (nSPS) is 12.6. The van der Waals surface area contributed by atoms with Gasteiger partial charge in [0.2, 0.25) is 0 Å². The lowest BCUT2D eigenvalue weighted by Crippen LogP contribution is -2.18. The molecular formula is C9H14N2O3. The molecule has 0 rings (SSSR count). The van der Waals surface area contributed by atoms with E-state index in [0.29, 0.717) is 0 Å². The lowest BCUT2D eigenvalue weighted by atomic mass is 10.2. The molecule has 0 aliphatic rings. The smallest absolute Gasteiger partial charge is 0.342 e. The highest BCUT2D eigenvalue weighted by Gasteiger charge is 2.06. The van der Waals surface area contributed by atoms with Crippen molar-refractivity contribution in [2.24, 2.45) is 4.99 Å². The highest BCUT2D eigenvalue weighted by atomic mass is 16.3. The standard InChI is InChI=1S/C9H14N2O3/c1-6(12)8(7(2)13)5-10-9(14)11(3)4/h5,12H,1-4H3. The molecule has 0 aromatic carbocycles. The van der Waals surface area contributed by atoms with Gasteiger partial charge in [0.05, 0.1) is 5.57 Å². The fraction of sp³-hybridized carbons (Fsp3) is 0.444. The summed E-state index contributed by atoms with van der Waals surface area (Å²) in [5.41, 5.74) is 0.0419. The van der Waals surface area contributed by atoms with Crippen molar-refractivity contribution in [2.45, 2.75) is 13.8 Å². The molecule has 0 saturated carbocycles. The molecule has 0 aliphatic heterocycles. The van der Waals surface area contributed by atoms with Gasteiger partial charge in [-0.3, -0.25) is 4.79 Å². The van der Waals surface area contributed by atoms with Crippen LogP contribution in [0.2, 0.25) is 0 Å². The van der Waals surface area contributed by atoms with E-state index in [0.717, 1.165) is 6.21 Å². The Kier molecular flexibility index (Phi) is 4.55. The number of hydrogen-bond donors (Lipinski definition) is 1. The third-order valence-electron chi connectivity index (χ3n) is 1.46. The van der Waals surface area contributed by atoms with Gasteiger partial charge in [-0.1, -0.05) is 0 Å². The molecule has 0 atom stereocenters. The fourth-order valence-electron chi connectivity index (χ4n) is 0.674. The molecule has 0 radical (unpaired) electrons. The van der Waals surface area contributed by atoms with E-state index in [1.54, 1.807) is 14.1 Å². The van der Waals surface area contributed by atoms with Crippen molar-refractivity contribution in [3.63, 3.8) is 0 Å². The first-order chi connectivity index (χ1) is 6.36. The minimum absolute atomic E-state index is 0.0419. The molecule has 0 unspecified atom stereocenters. The van der Waals surface area contributed by atoms with Crippen molar-refractivity contribution in [1.29, 1.82) is 0 Å². The highest BCUT2D eigenvalue weighted by molar-refractivity contribution is 6.14. The maximum absolute atomic E-state index is 11.0. The molecule has 0 aromatic rings. The Labute approximate surface area is 82.7 Å². The van der Waals surface area contributed by atoms with E-state index in [2.05, 4.69) is 4.99 Å². The Bertz CT molecular complexity index is 299. The van der Waals surface area contributed by atoms with Crippen LogP contribution in [0.5, 0.6) is 0 Å². The van der Waals surface area contributed by atoms with E-state index < -0.39 is 6.03 Å². The predicted octanol–water partition coefficient (Wildman–Crippen LogP) is 1.16. The van der Waals surface area contributed by atoms with Crippen molar-refractivity contribution in [2.75, 3.05) is 14.1 Å². The van der Waals surface area contributed by atoms with E-state index in [9.17, 15) is 9.59 Å². The number of aliphatic hydroxyl groups is 1. The number of nitrogens with zero attached hydrogens (tertiary/aromatic N) is 2. The summed E-state index contributed by atoms with van der Waals surface area (Å²) in [5.74, 6) is -0.479. The SMILES string of the molecule is CC(=O)C(C=NC(=O)N(C)C)=C(C)O. The van der Waals surface area contributed by atoms with Crippen LogP contribution in [0.15, 0.2) is 16.3 Å². The van der Waals surface area contributed by atoms with Gasteiger partial charge in [-0.05, 0) is 13.8 Å². The summed E-state index contributed by atoms with van der Waals surface area (Å²) in [5, 5.41) is 9.08. The van der Waals surface area contributed by atoms with Gasteiger partial charge in [-0.2, -0.15) is 0 Å². The third kappa shape index (κ3) is 3.84. The number of carbonyl (C=O) groups excluding carboxylic acids is 2. The molecule has 0 aliphatic carbocycles. The molecule has 1 N–H and O–H groups in total. The van der Waals surface area contributed by atoms with Crippen LogP contribution in [0.4, 0.5) is 4.79 Å². The summed E-state index contributed by atoms with van der Waals surface area (Å²) in [4.78, 5) is 26.7. The molecule has 5 heteroatoms. The van der Waals surface area contributed by atoms with Gasteiger partial charge in [0.25, 0.3) is 0 Å². The average molecular weight is 198 g/mol. The Morgan fingerprint density at radius 3 is 2.07 bits per heavy atom. The highest BCUT2D eigenvalue weighted by Crippen LogP contribution is 1.99. The predicted molar refractivity (Wildman–Crippen MR) is 53.6 cm³/mol. The number of amides is 2. The topological polar surface area (TPSA) is 70.0 Å². The number of aliphatic hydroxyl groups excluding tert-OH is 1. The van der Waals surface area contributed by atoms with Crippen molar-refractivity contribution in [3.05, 3.63) is 11.3 Å². The molecule has 0 aromatic heterocycles. The number of urea groups is 1. The Morgan fingerprint density at radius 2 is 1.79 bits per heavy atom. The first kappa shape index (κ1) is 12.3. The minimum atomic E-state index is -0.481. The van der Waals surface area contributed by atoms with E-state index in [-0.39, 0.29) is 17.1 Å². The van der Waals surface area contributed by atoms with Gasteiger partial charge >= 0.3 is 6.03 Å². The van der Waals surface area contributed by atoms with Crippen LogP contribution in [0.3, 0.4) is 0 Å². The molecule has 14 heavy (non-hydrogen) atoms. The number of carbonyl (C=O) groups is 2. The van der Waals surface area contributed by atoms with Crippen LogP contribution < -0.4 is 0 Å². The van der Waals surface area contributed by atoms with Crippen molar-refractivity contribution < 1.29 is 14.7 Å². The quantitative estimate of drug-likeness (QED) is 0.411. The van der Waals surface area contributed by atoms with Crippen LogP contribution in [0, 0.1) is 0 Å². The number of allylic oxidation sites excluding steroid dienone is 2. The van der Waals surface area contributed by atoms with Gasteiger partial charge in [0.1, 0.15) is 5.76 Å². The summed E-state index contributed by atoms with van der Waals surface area (Å²) in [6.07, 6.45) is 1.07. The second-order valence-corrected chi connectivity index (χ2v) is 2.99. The van der Waals surface area contributed by atoms with Crippen molar-refractivity contribution in [3.8, 4) is 0 Å². The Balaban J connectivity index is 4.73. The van der Waals surface area contributed by atoms with E-state index in [1.807, 2.05) is 0 Å². The van der Waals surface area contributed by atoms with E-state index in [4.69, 9.17) is 5.11 Å². The number of ketones is 1. The summed E-state index contributed by atoms with van der Waals surface area (Å²) >= 11 is 0. The van der Waals surface area contributed by atoms with Crippen LogP contribution in [0.25, 0.3) is 0 Å². The van der Waals surface area contributed by atoms with Crippen LogP contribution in [-0.4, -0.2) is 42.1 Å². The van der Waals surface area contributed by atoms with Gasteiger partial charge in [-0.25, -0.2) is 9.79 Å². The molecule has 0 bridgehead atoms. The zero-order valence-corrected chi connectivity index (χ0v) is 8.74. The molecule has 0 fully saturated rings. The molecule has 0 heterocycles. The summed E-state index contributed by atoms with van der Waals surface area (Å²) in [7, 11) is 3.09. The number of rotatable bonds is 2. The molecule has 2 amide bonds. The molecule has 5 nitrogen and oxygen atoms in total. The monoisotopic (exact) mass is 198 g/mol. The zero-order valence-electron chi connectivity index (χ0n) is 8.74. The largest absolute Gasteiger partial charge is 0.512 e. The molecular weight excluding hydrogens is 184 g/mol. The minimum Gasteiger partial charge on any atom is -0.512 e. The van der Waals surface area contributed by atoms with Gasteiger partial charge in [-0.15, -0.1) is 0 Å². The summed E-state index contributed by atoms with van der Waals surface area (Å²) < 4.78 is 0. The Morgan fingerprint density at radius 1 is 1.29 bits per heavy atom. The summed E-state index contributed by atoms with van der Waals surface area (Å²) in [6, 6.07) is -0.481. The maximum Gasteiger partial charge on any atom is 0.342 e. The third-order valence-corrected chi connectivity index (χ3v) is 1.46. The first-order valence-corrected chi connectivity index (χ1v) is 4.02. The second-order valence-electron chi connectivity index (χ2n) is 2.99. The first-order valence-electron chi connectivity index (χ1n) is 4.02. The fourth-order valence-corrected chi connectivity index (χ4v) is 0.674. The molecule has 0 saturated heterocycles. The Hall–Kier alpha value is -1.65. The molecule has 78 valence electrons. The molecule has 0 spiro atoms.